The van der Waals surface area contributed by atoms with Crippen molar-refractivity contribution < 1.29 is 13.9 Å². The van der Waals surface area contributed by atoms with Gasteiger partial charge < -0.3 is 15.2 Å². The first-order chi connectivity index (χ1) is 14.5. The van der Waals surface area contributed by atoms with Gasteiger partial charge in [-0.2, -0.15) is 4.39 Å². The average molecular weight is 443 g/mol. The van der Waals surface area contributed by atoms with Gasteiger partial charge in [0.05, 0.1) is 18.1 Å². The molecule has 2 N–H and O–H groups in total. The normalized spacial score (nSPS) is 21.7. The Morgan fingerprint density at radius 3 is 2.87 bits per heavy atom. The van der Waals surface area contributed by atoms with E-state index in [0.717, 1.165) is 11.1 Å². The maximum Gasteiger partial charge on any atom is 0.220 e. The molecule has 0 saturated carbocycles. The Labute approximate surface area is 181 Å². The summed E-state index contributed by atoms with van der Waals surface area (Å²) in [6.45, 7) is 0.388. The Kier molecular flexibility index (Phi) is 4.65. The van der Waals surface area contributed by atoms with Crippen LogP contribution in [0.1, 0.15) is 11.1 Å². The molecule has 2 atom stereocenters. The Morgan fingerprint density at radius 2 is 2.07 bits per heavy atom. The van der Waals surface area contributed by atoms with E-state index in [4.69, 9.17) is 31.8 Å². The van der Waals surface area contributed by atoms with Crippen molar-refractivity contribution in [2.45, 2.75) is 10.8 Å². The summed E-state index contributed by atoms with van der Waals surface area (Å²) in [7, 11) is 1.63. The maximum atomic E-state index is 14.4. The van der Waals surface area contributed by atoms with Crippen molar-refractivity contribution in [1.82, 2.24) is 9.97 Å². The third-order valence-corrected chi connectivity index (χ3v) is 6.56. The maximum absolute atomic E-state index is 14.4. The molecule has 5 rings (SSSR count). The summed E-state index contributed by atoms with van der Waals surface area (Å²) in [5, 5.41) is 0.578. The molecular weight excluding hydrogens is 427 g/mol. The Hall–Kier alpha value is -2.68. The second-order valence-corrected chi connectivity index (χ2v) is 8.55. The van der Waals surface area contributed by atoms with Gasteiger partial charge in [-0.1, -0.05) is 29.4 Å². The lowest BCUT2D eigenvalue weighted by Crippen LogP contribution is -2.39. The molecule has 0 fully saturated rings. The number of ether oxygens (including phenoxy) is 2. The van der Waals surface area contributed by atoms with Crippen LogP contribution in [0.5, 0.6) is 11.5 Å². The highest BCUT2D eigenvalue weighted by Gasteiger charge is 2.53. The number of thioether (sulfide) groups is 1. The number of aliphatic imine (C=N–C) groups is 1. The zero-order chi connectivity index (χ0) is 20.9. The molecule has 1 aromatic carbocycles. The SMILES string of the molecule is COCC1SC(N)=N[C@]12c1cc(-c3cccnc3F)ccc1Oc1cnc(Cl)cc12. The Balaban J connectivity index is 1.79. The number of hydrogen-bond donors (Lipinski definition) is 1. The van der Waals surface area contributed by atoms with E-state index in [9.17, 15) is 4.39 Å². The molecule has 152 valence electrons. The molecule has 6 nitrogen and oxygen atoms in total. The summed E-state index contributed by atoms with van der Waals surface area (Å²) in [6.07, 6.45) is 3.00. The predicted molar refractivity (Wildman–Crippen MR) is 115 cm³/mol. The lowest BCUT2D eigenvalue weighted by atomic mass is 9.77. The minimum absolute atomic E-state index is 0.170. The van der Waals surface area contributed by atoms with Crippen LogP contribution in [0.3, 0.4) is 0 Å². The third kappa shape index (κ3) is 2.86. The molecule has 0 bridgehead atoms. The van der Waals surface area contributed by atoms with E-state index in [1.807, 2.05) is 6.07 Å². The van der Waals surface area contributed by atoms with Crippen LogP contribution in [0.4, 0.5) is 4.39 Å². The van der Waals surface area contributed by atoms with Gasteiger partial charge in [-0.15, -0.1) is 0 Å². The van der Waals surface area contributed by atoms with E-state index >= 15 is 0 Å². The summed E-state index contributed by atoms with van der Waals surface area (Å²) in [6, 6.07) is 10.6. The number of halogens is 2. The third-order valence-electron chi connectivity index (χ3n) is 5.26. The number of pyridine rings is 2. The standard InChI is InChI=1S/C21H16ClFN4O2S/c1-28-10-17-21(27-20(24)30-17)13-7-11(12-3-2-6-25-19(12)23)4-5-15(13)29-16-9-26-18(22)8-14(16)21/h2-9,17H,10H2,1H3,(H2,24,27)/t17?,21-/m0/s1. The monoisotopic (exact) mass is 442 g/mol. The molecule has 0 amide bonds. The zero-order valence-corrected chi connectivity index (χ0v) is 17.4. The van der Waals surface area contributed by atoms with E-state index < -0.39 is 11.5 Å². The summed E-state index contributed by atoms with van der Waals surface area (Å²) >= 11 is 7.66. The molecule has 9 heteroatoms. The van der Waals surface area contributed by atoms with Crippen molar-refractivity contribution in [2.75, 3.05) is 13.7 Å². The molecule has 0 aliphatic carbocycles. The van der Waals surface area contributed by atoms with Gasteiger partial charge in [0.2, 0.25) is 5.95 Å². The summed E-state index contributed by atoms with van der Waals surface area (Å²) < 4.78 is 26.0. The number of rotatable bonds is 3. The van der Waals surface area contributed by atoms with Crippen LogP contribution in [0.25, 0.3) is 11.1 Å². The first-order valence-corrected chi connectivity index (χ1v) is 10.4. The fourth-order valence-electron chi connectivity index (χ4n) is 4.02. The number of methoxy groups -OCH3 is 1. The van der Waals surface area contributed by atoms with E-state index in [0.29, 0.717) is 39.6 Å². The van der Waals surface area contributed by atoms with Crippen molar-refractivity contribution in [2.24, 2.45) is 10.7 Å². The minimum atomic E-state index is -0.908. The van der Waals surface area contributed by atoms with Crippen LogP contribution in [0.2, 0.25) is 5.15 Å². The first-order valence-electron chi connectivity index (χ1n) is 9.13. The van der Waals surface area contributed by atoms with Crippen molar-refractivity contribution >= 4 is 28.5 Å². The topological polar surface area (TPSA) is 82.6 Å². The van der Waals surface area contributed by atoms with Gasteiger partial charge in [0.25, 0.3) is 0 Å². The molecule has 0 saturated heterocycles. The van der Waals surface area contributed by atoms with Crippen LogP contribution in [0, 0.1) is 5.95 Å². The van der Waals surface area contributed by atoms with Crippen molar-refractivity contribution in [3.05, 3.63) is 71.0 Å². The molecule has 3 aromatic rings. The van der Waals surface area contributed by atoms with Crippen LogP contribution >= 0.6 is 23.4 Å². The van der Waals surface area contributed by atoms with E-state index in [-0.39, 0.29) is 5.25 Å². The van der Waals surface area contributed by atoms with Gasteiger partial charge in [0.15, 0.2) is 10.9 Å². The van der Waals surface area contributed by atoms with E-state index in [2.05, 4.69) is 9.97 Å². The summed E-state index contributed by atoms with van der Waals surface area (Å²) in [4.78, 5) is 12.8. The number of fused-ring (bicyclic) bond motifs is 4. The van der Waals surface area contributed by atoms with Crippen molar-refractivity contribution in [3.63, 3.8) is 0 Å². The first kappa shape index (κ1) is 19.3. The molecule has 2 aromatic heterocycles. The second kappa shape index (κ2) is 7.23. The zero-order valence-electron chi connectivity index (χ0n) is 15.8. The molecule has 1 unspecified atom stereocenters. The van der Waals surface area contributed by atoms with Gasteiger partial charge in [0, 0.05) is 30.0 Å². The smallest absolute Gasteiger partial charge is 0.220 e. The number of amidine groups is 1. The minimum Gasteiger partial charge on any atom is -0.455 e. The second-order valence-electron chi connectivity index (χ2n) is 6.94. The van der Waals surface area contributed by atoms with Gasteiger partial charge in [-0.05, 0) is 35.9 Å². The van der Waals surface area contributed by atoms with Crippen LogP contribution in [-0.2, 0) is 10.3 Å². The molecule has 2 aliphatic heterocycles. The van der Waals surface area contributed by atoms with Gasteiger partial charge in [-0.25, -0.2) is 15.0 Å². The molecule has 30 heavy (non-hydrogen) atoms. The highest BCUT2D eigenvalue weighted by Crippen LogP contribution is 2.57. The van der Waals surface area contributed by atoms with Crippen LogP contribution < -0.4 is 10.5 Å². The largest absolute Gasteiger partial charge is 0.455 e. The summed E-state index contributed by atoms with van der Waals surface area (Å²) in [5.41, 5.74) is 7.83. The van der Waals surface area contributed by atoms with Crippen molar-refractivity contribution in [3.8, 4) is 22.6 Å². The molecule has 0 radical (unpaired) electrons. The number of hydrogen-bond acceptors (Lipinski definition) is 7. The van der Waals surface area contributed by atoms with Gasteiger partial charge in [-0.3, -0.25) is 0 Å². The number of aromatic nitrogens is 2. The quantitative estimate of drug-likeness (QED) is 0.607. The number of nitrogens with zero attached hydrogens (tertiary/aromatic N) is 3. The molecule has 2 aliphatic rings. The highest BCUT2D eigenvalue weighted by molar-refractivity contribution is 8.14. The highest BCUT2D eigenvalue weighted by atomic mass is 35.5. The fourth-order valence-corrected chi connectivity index (χ4v) is 5.35. The number of nitrogens with two attached hydrogens (primary N) is 1. The van der Waals surface area contributed by atoms with E-state index in [1.165, 1.54) is 18.0 Å². The van der Waals surface area contributed by atoms with Gasteiger partial charge >= 0.3 is 0 Å². The van der Waals surface area contributed by atoms with Gasteiger partial charge in [0.1, 0.15) is 16.4 Å². The predicted octanol–water partition coefficient (Wildman–Crippen LogP) is 4.36. The van der Waals surface area contributed by atoms with Crippen LogP contribution in [-0.4, -0.2) is 34.1 Å². The molecule has 4 heterocycles. The van der Waals surface area contributed by atoms with Crippen LogP contribution in [0.15, 0.2) is 53.8 Å². The molecular formula is C21H16ClFN4O2S. The lowest BCUT2D eigenvalue weighted by molar-refractivity contribution is 0.181. The van der Waals surface area contributed by atoms with Crippen molar-refractivity contribution in [1.29, 1.82) is 0 Å². The lowest BCUT2D eigenvalue weighted by Gasteiger charge is -2.38. The molecule has 1 spiro atoms. The average Bonchev–Trinajstić information content (AvgIpc) is 3.06. The van der Waals surface area contributed by atoms with E-state index in [1.54, 1.807) is 43.6 Å². The summed E-state index contributed by atoms with van der Waals surface area (Å²) in [5.74, 6) is 0.598. The number of benzene rings is 1. The fraction of sp³-hybridized carbons (Fsp3) is 0.190. The Bertz CT molecular complexity index is 1190. The Morgan fingerprint density at radius 1 is 1.23 bits per heavy atom.